The highest BCUT2D eigenvalue weighted by Gasteiger charge is 2.30. The number of aromatic nitrogens is 1. The Balaban J connectivity index is 1.66. The first-order valence-electron chi connectivity index (χ1n) is 8.01. The van der Waals surface area contributed by atoms with Crippen LogP contribution in [0.4, 0.5) is 0 Å². The molecular formula is C18H22N2O3S. The van der Waals surface area contributed by atoms with Crippen LogP contribution in [0.5, 0.6) is 11.5 Å². The largest absolute Gasteiger partial charge is 0.455 e. The fourth-order valence-electron chi connectivity index (χ4n) is 3.00. The molecule has 2 heterocycles. The van der Waals surface area contributed by atoms with Gasteiger partial charge in [0.15, 0.2) is 9.84 Å². The van der Waals surface area contributed by atoms with Crippen molar-refractivity contribution in [1.29, 1.82) is 0 Å². The van der Waals surface area contributed by atoms with Crippen molar-refractivity contribution in [2.24, 2.45) is 0 Å². The number of sulfone groups is 1. The third kappa shape index (κ3) is 4.13. The zero-order chi connectivity index (χ0) is 17.2. The monoisotopic (exact) mass is 346 g/mol. The van der Waals surface area contributed by atoms with Crippen LogP contribution in [0.15, 0.2) is 42.7 Å². The zero-order valence-corrected chi connectivity index (χ0v) is 14.8. The van der Waals surface area contributed by atoms with Crippen LogP contribution in [0.1, 0.15) is 17.5 Å². The molecule has 1 saturated heterocycles. The van der Waals surface area contributed by atoms with Gasteiger partial charge in [0.05, 0.1) is 17.7 Å². The molecule has 1 unspecified atom stereocenters. The van der Waals surface area contributed by atoms with E-state index in [1.807, 2.05) is 38.2 Å². The average Bonchev–Trinajstić information content (AvgIpc) is 2.91. The summed E-state index contributed by atoms with van der Waals surface area (Å²) in [6.07, 6.45) is 4.11. The van der Waals surface area contributed by atoms with E-state index in [-0.39, 0.29) is 11.8 Å². The molecule has 1 aliphatic heterocycles. The van der Waals surface area contributed by atoms with Gasteiger partial charge in [0.1, 0.15) is 11.5 Å². The Labute approximate surface area is 143 Å². The van der Waals surface area contributed by atoms with E-state index in [0.717, 1.165) is 29.8 Å². The first-order chi connectivity index (χ1) is 11.4. The molecule has 1 fully saturated rings. The van der Waals surface area contributed by atoms with Crippen molar-refractivity contribution >= 4 is 9.84 Å². The third-order valence-electron chi connectivity index (χ3n) is 4.37. The average molecular weight is 346 g/mol. The number of pyridine rings is 1. The minimum absolute atomic E-state index is 0.113. The van der Waals surface area contributed by atoms with E-state index in [4.69, 9.17) is 4.74 Å². The summed E-state index contributed by atoms with van der Waals surface area (Å²) in [6.45, 7) is 2.74. The molecule has 3 rings (SSSR count). The van der Waals surface area contributed by atoms with Crippen molar-refractivity contribution in [1.82, 2.24) is 9.88 Å². The lowest BCUT2D eigenvalue weighted by atomic mass is 10.1. The van der Waals surface area contributed by atoms with Gasteiger partial charge in [0.25, 0.3) is 0 Å². The maximum absolute atomic E-state index is 11.6. The molecule has 0 N–H and O–H groups in total. The molecule has 0 spiro atoms. The number of aryl methyl sites for hydroxylation is 1. The predicted octanol–water partition coefficient (Wildman–Crippen LogP) is 2.80. The van der Waals surface area contributed by atoms with Crippen LogP contribution in [0.3, 0.4) is 0 Å². The van der Waals surface area contributed by atoms with Gasteiger partial charge in [-0.1, -0.05) is 12.1 Å². The van der Waals surface area contributed by atoms with Crippen LogP contribution < -0.4 is 4.74 Å². The smallest absolute Gasteiger partial charge is 0.151 e. The first kappa shape index (κ1) is 16.9. The molecule has 6 heteroatoms. The molecule has 0 amide bonds. The standard InChI is InChI=1S/C18H22N2O3S/c1-14-10-15(12-20(2)16-7-9-24(21,22)13-16)5-6-18(14)23-17-4-3-8-19-11-17/h3-6,8,10-11,16H,7,9,12-13H2,1-2H3. The molecule has 2 aromatic rings. The Bertz CT molecular complexity index is 806. The van der Waals surface area contributed by atoms with E-state index >= 15 is 0 Å². The van der Waals surface area contributed by atoms with Gasteiger partial charge in [-0.25, -0.2) is 8.42 Å². The SMILES string of the molecule is Cc1cc(CN(C)C2CCS(=O)(=O)C2)ccc1Oc1cccnc1. The molecule has 1 atom stereocenters. The lowest BCUT2D eigenvalue weighted by molar-refractivity contribution is 0.254. The van der Waals surface area contributed by atoms with Crippen LogP contribution in [-0.2, 0) is 16.4 Å². The molecule has 0 aliphatic carbocycles. The lowest BCUT2D eigenvalue weighted by Gasteiger charge is -2.23. The summed E-state index contributed by atoms with van der Waals surface area (Å²) in [5, 5.41) is 0. The number of benzene rings is 1. The van der Waals surface area contributed by atoms with Gasteiger partial charge >= 0.3 is 0 Å². The van der Waals surface area contributed by atoms with Crippen molar-refractivity contribution in [3.05, 3.63) is 53.9 Å². The Hall–Kier alpha value is -1.92. The minimum atomic E-state index is -2.85. The molecule has 0 radical (unpaired) electrons. The highest BCUT2D eigenvalue weighted by Crippen LogP contribution is 2.26. The highest BCUT2D eigenvalue weighted by molar-refractivity contribution is 7.91. The first-order valence-corrected chi connectivity index (χ1v) is 9.83. The third-order valence-corrected chi connectivity index (χ3v) is 6.12. The van der Waals surface area contributed by atoms with Gasteiger partial charge in [-0.2, -0.15) is 0 Å². The Morgan fingerprint density at radius 3 is 2.79 bits per heavy atom. The molecule has 1 aromatic heterocycles. The molecule has 0 saturated carbocycles. The van der Waals surface area contributed by atoms with Crippen LogP contribution >= 0.6 is 0 Å². The lowest BCUT2D eigenvalue weighted by Crippen LogP contribution is -2.32. The van der Waals surface area contributed by atoms with E-state index in [1.54, 1.807) is 12.4 Å². The van der Waals surface area contributed by atoms with E-state index in [1.165, 1.54) is 0 Å². The zero-order valence-electron chi connectivity index (χ0n) is 14.0. The second kappa shape index (κ2) is 6.91. The number of hydrogen-bond donors (Lipinski definition) is 0. The van der Waals surface area contributed by atoms with Gasteiger partial charge in [-0.05, 0) is 49.7 Å². The fraction of sp³-hybridized carbons (Fsp3) is 0.389. The molecule has 1 aromatic carbocycles. The van der Waals surface area contributed by atoms with Gasteiger partial charge < -0.3 is 4.74 Å². The van der Waals surface area contributed by atoms with Gasteiger partial charge in [-0.3, -0.25) is 9.88 Å². The summed E-state index contributed by atoms with van der Waals surface area (Å²) in [5.41, 5.74) is 2.20. The van der Waals surface area contributed by atoms with E-state index in [2.05, 4.69) is 16.0 Å². The summed E-state index contributed by atoms with van der Waals surface area (Å²) in [4.78, 5) is 6.17. The van der Waals surface area contributed by atoms with Gasteiger partial charge in [0.2, 0.25) is 0 Å². The van der Waals surface area contributed by atoms with E-state index in [0.29, 0.717) is 11.5 Å². The van der Waals surface area contributed by atoms with Crippen molar-refractivity contribution < 1.29 is 13.2 Å². The van der Waals surface area contributed by atoms with Gasteiger partial charge in [0, 0.05) is 18.8 Å². The van der Waals surface area contributed by atoms with E-state index < -0.39 is 9.84 Å². The highest BCUT2D eigenvalue weighted by atomic mass is 32.2. The van der Waals surface area contributed by atoms with Crippen molar-refractivity contribution in [3.63, 3.8) is 0 Å². The summed E-state index contributed by atoms with van der Waals surface area (Å²) in [6, 6.07) is 9.89. The second-order valence-electron chi connectivity index (χ2n) is 6.36. The maximum atomic E-state index is 11.6. The summed E-state index contributed by atoms with van der Waals surface area (Å²) in [5.74, 6) is 2.09. The summed E-state index contributed by atoms with van der Waals surface area (Å²) >= 11 is 0. The molecule has 5 nitrogen and oxygen atoms in total. The van der Waals surface area contributed by atoms with Crippen LogP contribution in [-0.4, -0.2) is 42.9 Å². The van der Waals surface area contributed by atoms with Crippen molar-refractivity contribution in [2.75, 3.05) is 18.6 Å². The number of rotatable bonds is 5. The normalized spacial score (nSPS) is 19.5. The number of nitrogens with zero attached hydrogens (tertiary/aromatic N) is 2. The second-order valence-corrected chi connectivity index (χ2v) is 8.59. The summed E-state index contributed by atoms with van der Waals surface area (Å²) < 4.78 is 29.1. The van der Waals surface area contributed by atoms with Crippen LogP contribution in [0, 0.1) is 6.92 Å². The number of hydrogen-bond acceptors (Lipinski definition) is 5. The molecular weight excluding hydrogens is 324 g/mol. The predicted molar refractivity (Wildman–Crippen MR) is 94.0 cm³/mol. The topological polar surface area (TPSA) is 59.5 Å². The fourth-order valence-corrected chi connectivity index (χ4v) is 4.80. The van der Waals surface area contributed by atoms with Gasteiger partial charge in [-0.15, -0.1) is 0 Å². The Morgan fingerprint density at radius 1 is 1.33 bits per heavy atom. The Morgan fingerprint density at radius 2 is 2.17 bits per heavy atom. The number of ether oxygens (including phenoxy) is 1. The van der Waals surface area contributed by atoms with Crippen molar-refractivity contribution in [2.45, 2.75) is 25.9 Å². The van der Waals surface area contributed by atoms with E-state index in [9.17, 15) is 8.42 Å². The van der Waals surface area contributed by atoms with Crippen molar-refractivity contribution in [3.8, 4) is 11.5 Å². The van der Waals surface area contributed by atoms with Crippen LogP contribution in [0.25, 0.3) is 0 Å². The Kier molecular flexibility index (Phi) is 4.87. The van der Waals surface area contributed by atoms with Crippen LogP contribution in [0.2, 0.25) is 0 Å². The quantitative estimate of drug-likeness (QED) is 0.833. The summed E-state index contributed by atoms with van der Waals surface area (Å²) in [7, 11) is -0.863. The molecule has 24 heavy (non-hydrogen) atoms. The molecule has 0 bridgehead atoms. The maximum Gasteiger partial charge on any atom is 0.151 e. The molecule has 128 valence electrons. The minimum Gasteiger partial charge on any atom is -0.455 e. The molecule has 1 aliphatic rings.